The van der Waals surface area contributed by atoms with E-state index in [1.54, 1.807) is 24.3 Å². The second-order valence-electron chi connectivity index (χ2n) is 11.7. The fraction of sp³-hybridized carbons (Fsp3) is 0.421. The third kappa shape index (κ3) is 13.3. The standard InChI is InChI=1S/C38H50N6O3/c1-3-5-7-9-11-16-28-46-32-24-20-30(21-25-32)39-36-42-37(44-38(43-36)41-34-18-14-13-15-19-35(34)45)40-31-22-26-33(27-23-31)47-29-17-12-10-8-6-4-2/h13-15,18-27H,3-12,16-17,28-29H2,1-2H3,(H3,39,40,41,42,43,44,45). The Morgan fingerprint density at radius 1 is 0.489 bits per heavy atom. The predicted molar refractivity (Wildman–Crippen MR) is 193 cm³/mol. The van der Waals surface area contributed by atoms with Gasteiger partial charge in [-0.05, 0) is 73.5 Å². The Hall–Kier alpha value is -4.66. The van der Waals surface area contributed by atoms with Crippen LogP contribution in [0.3, 0.4) is 0 Å². The summed E-state index contributed by atoms with van der Waals surface area (Å²) in [6.45, 7) is 5.88. The highest BCUT2D eigenvalue weighted by Crippen LogP contribution is 2.23. The summed E-state index contributed by atoms with van der Waals surface area (Å²) < 4.78 is 11.9. The molecule has 0 unspecified atom stereocenters. The Morgan fingerprint density at radius 3 is 1.40 bits per heavy atom. The molecule has 0 saturated heterocycles. The van der Waals surface area contributed by atoms with Crippen molar-refractivity contribution in [3.05, 3.63) is 89.1 Å². The van der Waals surface area contributed by atoms with E-state index in [-0.39, 0.29) is 11.4 Å². The van der Waals surface area contributed by atoms with Crippen LogP contribution in [-0.4, -0.2) is 28.2 Å². The minimum absolute atomic E-state index is 0.174. The van der Waals surface area contributed by atoms with Crippen molar-refractivity contribution in [2.75, 3.05) is 29.2 Å². The number of aromatic nitrogens is 3. The molecule has 0 aliphatic heterocycles. The molecular formula is C38H50N6O3. The average Bonchev–Trinajstić information content (AvgIpc) is 3.28. The lowest BCUT2D eigenvalue weighted by Gasteiger charge is -2.12. The Labute approximate surface area is 279 Å². The summed E-state index contributed by atoms with van der Waals surface area (Å²) in [5.41, 5.74) is 1.77. The number of rotatable bonds is 22. The molecule has 0 spiro atoms. The molecule has 4 aromatic rings. The van der Waals surface area contributed by atoms with Crippen molar-refractivity contribution in [2.45, 2.75) is 90.9 Å². The summed E-state index contributed by atoms with van der Waals surface area (Å²) in [6, 6.07) is 23.9. The van der Waals surface area contributed by atoms with E-state index in [1.807, 2.05) is 48.5 Å². The first-order valence-corrected chi connectivity index (χ1v) is 17.2. The Morgan fingerprint density at radius 2 is 0.915 bits per heavy atom. The molecule has 3 aromatic carbocycles. The zero-order valence-electron chi connectivity index (χ0n) is 28.0. The quantitative estimate of drug-likeness (QED) is 0.0724. The smallest absolute Gasteiger partial charge is 0.233 e. The van der Waals surface area contributed by atoms with Crippen LogP contribution >= 0.6 is 0 Å². The predicted octanol–water partition coefficient (Wildman–Crippen LogP) is 9.94. The molecule has 47 heavy (non-hydrogen) atoms. The second-order valence-corrected chi connectivity index (χ2v) is 11.7. The van der Waals surface area contributed by atoms with E-state index in [1.165, 1.54) is 70.3 Å². The summed E-state index contributed by atoms with van der Waals surface area (Å²) in [7, 11) is 0. The Kier molecular flexibility index (Phi) is 15.3. The number of nitrogens with one attached hydrogen (secondary N) is 3. The molecule has 9 heteroatoms. The largest absolute Gasteiger partial charge is 0.494 e. The molecule has 0 bridgehead atoms. The molecular weight excluding hydrogens is 588 g/mol. The van der Waals surface area contributed by atoms with E-state index in [4.69, 9.17) is 9.47 Å². The molecule has 0 atom stereocenters. The zero-order valence-corrected chi connectivity index (χ0v) is 28.0. The molecule has 4 rings (SSSR count). The molecule has 0 amide bonds. The lowest BCUT2D eigenvalue weighted by molar-refractivity contribution is 0.304. The maximum Gasteiger partial charge on any atom is 0.233 e. The van der Waals surface area contributed by atoms with E-state index < -0.39 is 0 Å². The van der Waals surface area contributed by atoms with Gasteiger partial charge in [0.1, 0.15) is 11.5 Å². The summed E-state index contributed by atoms with van der Waals surface area (Å²) >= 11 is 0. The van der Waals surface area contributed by atoms with E-state index >= 15 is 0 Å². The monoisotopic (exact) mass is 638 g/mol. The first-order chi connectivity index (χ1) is 23.1. The van der Waals surface area contributed by atoms with Crippen LogP contribution in [0.5, 0.6) is 11.5 Å². The molecule has 0 saturated carbocycles. The molecule has 0 fully saturated rings. The third-order valence-electron chi connectivity index (χ3n) is 7.63. The number of ether oxygens (including phenoxy) is 2. The molecule has 9 nitrogen and oxygen atoms in total. The topological polar surface area (TPSA) is 110 Å². The van der Waals surface area contributed by atoms with Gasteiger partial charge in [0.2, 0.25) is 23.3 Å². The van der Waals surface area contributed by atoms with Crippen LogP contribution in [-0.2, 0) is 0 Å². The summed E-state index contributed by atoms with van der Waals surface area (Å²) in [5, 5.41) is 9.57. The van der Waals surface area contributed by atoms with Gasteiger partial charge in [0.05, 0.1) is 18.9 Å². The first-order valence-electron chi connectivity index (χ1n) is 17.2. The highest BCUT2D eigenvalue weighted by Gasteiger charge is 2.10. The molecule has 0 aliphatic rings. The molecule has 0 radical (unpaired) electrons. The Bertz CT molecular complexity index is 1430. The molecule has 1 aromatic heterocycles. The zero-order chi connectivity index (χ0) is 32.9. The maximum absolute atomic E-state index is 12.6. The van der Waals surface area contributed by atoms with Gasteiger partial charge in [-0.3, -0.25) is 4.79 Å². The maximum atomic E-state index is 12.6. The number of hydrogen-bond acceptors (Lipinski definition) is 9. The van der Waals surface area contributed by atoms with E-state index in [2.05, 4.69) is 44.7 Å². The van der Waals surface area contributed by atoms with Gasteiger partial charge in [-0.25, -0.2) is 0 Å². The van der Waals surface area contributed by atoms with Gasteiger partial charge < -0.3 is 25.4 Å². The van der Waals surface area contributed by atoms with Crippen molar-refractivity contribution >= 4 is 34.9 Å². The fourth-order valence-electron chi connectivity index (χ4n) is 4.97. The van der Waals surface area contributed by atoms with Gasteiger partial charge in [-0.2, -0.15) is 15.0 Å². The van der Waals surface area contributed by atoms with Gasteiger partial charge in [0, 0.05) is 11.4 Å². The lowest BCUT2D eigenvalue weighted by Crippen LogP contribution is -2.10. The van der Waals surface area contributed by atoms with E-state index in [0.717, 1.165) is 35.7 Å². The third-order valence-corrected chi connectivity index (χ3v) is 7.63. The van der Waals surface area contributed by atoms with Crippen LogP contribution in [0.2, 0.25) is 0 Å². The van der Waals surface area contributed by atoms with Gasteiger partial charge >= 0.3 is 0 Å². The van der Waals surface area contributed by atoms with Crippen LogP contribution in [0.1, 0.15) is 90.9 Å². The van der Waals surface area contributed by atoms with Crippen molar-refractivity contribution in [2.24, 2.45) is 0 Å². The van der Waals surface area contributed by atoms with Crippen LogP contribution in [0.15, 0.2) is 83.7 Å². The molecule has 250 valence electrons. The molecule has 0 aliphatic carbocycles. The lowest BCUT2D eigenvalue weighted by atomic mass is 10.1. The fourth-order valence-corrected chi connectivity index (χ4v) is 4.97. The van der Waals surface area contributed by atoms with Crippen molar-refractivity contribution in [1.29, 1.82) is 0 Å². The molecule has 1 heterocycles. The summed E-state index contributed by atoms with van der Waals surface area (Å²) in [6.07, 6.45) is 14.7. The van der Waals surface area contributed by atoms with Gasteiger partial charge in [0.25, 0.3) is 0 Å². The molecule has 3 N–H and O–H groups in total. The number of hydrogen-bond donors (Lipinski definition) is 3. The van der Waals surface area contributed by atoms with Crippen molar-refractivity contribution in [3.63, 3.8) is 0 Å². The average molecular weight is 639 g/mol. The van der Waals surface area contributed by atoms with Gasteiger partial charge in [-0.1, -0.05) is 96.3 Å². The number of anilines is 6. The van der Waals surface area contributed by atoms with Crippen molar-refractivity contribution < 1.29 is 9.47 Å². The van der Waals surface area contributed by atoms with Crippen LogP contribution in [0.4, 0.5) is 34.9 Å². The highest BCUT2D eigenvalue weighted by atomic mass is 16.5. The first kappa shape index (κ1) is 35.2. The van der Waals surface area contributed by atoms with Crippen LogP contribution < -0.4 is 30.9 Å². The summed E-state index contributed by atoms with van der Waals surface area (Å²) in [5.74, 6) is 2.51. The number of unbranched alkanes of at least 4 members (excludes halogenated alkanes) is 10. The van der Waals surface area contributed by atoms with Gasteiger partial charge in [-0.15, -0.1) is 0 Å². The SMILES string of the molecule is CCCCCCCCOc1ccc(Nc2nc(Nc3ccc(OCCCCCCCC)cc3)nc(Nc3cccccc3=O)n2)cc1. The van der Waals surface area contributed by atoms with Crippen molar-refractivity contribution in [3.8, 4) is 11.5 Å². The van der Waals surface area contributed by atoms with Crippen LogP contribution in [0.25, 0.3) is 0 Å². The Balaban J connectivity index is 1.39. The van der Waals surface area contributed by atoms with E-state index in [0.29, 0.717) is 30.8 Å². The second kappa shape index (κ2) is 20.5. The van der Waals surface area contributed by atoms with Gasteiger partial charge in [0.15, 0.2) is 0 Å². The van der Waals surface area contributed by atoms with Crippen LogP contribution in [0, 0.1) is 0 Å². The minimum Gasteiger partial charge on any atom is -0.494 e. The highest BCUT2D eigenvalue weighted by molar-refractivity contribution is 5.62. The van der Waals surface area contributed by atoms with Crippen molar-refractivity contribution in [1.82, 2.24) is 15.0 Å². The number of benzene rings is 2. The minimum atomic E-state index is -0.174. The normalized spacial score (nSPS) is 10.8. The number of nitrogens with zero attached hydrogens (tertiary/aromatic N) is 3. The summed E-state index contributed by atoms with van der Waals surface area (Å²) in [4.78, 5) is 26.3. The van der Waals surface area contributed by atoms with E-state index in [9.17, 15) is 4.79 Å².